The van der Waals surface area contributed by atoms with Crippen molar-refractivity contribution in [2.45, 2.75) is 75.9 Å². The molecule has 0 radical (unpaired) electrons. The molecule has 2 N–H and O–H groups in total. The largest absolute Gasteiger partial charge is 0.360 e. The summed E-state index contributed by atoms with van der Waals surface area (Å²) in [7, 11) is 0. The van der Waals surface area contributed by atoms with Crippen LogP contribution in [-0.4, -0.2) is 29.2 Å². The Bertz CT molecular complexity index is 499. The fourth-order valence-electron chi connectivity index (χ4n) is 3.37. The Labute approximate surface area is 136 Å². The summed E-state index contributed by atoms with van der Waals surface area (Å²) in [5.41, 5.74) is 0. The third-order valence-corrected chi connectivity index (χ3v) is 4.98. The van der Waals surface area contributed by atoms with Gasteiger partial charge in [0, 0.05) is 37.0 Å². The number of nitrogens with zero attached hydrogens (tertiary/aromatic N) is 1. The van der Waals surface area contributed by atoms with Gasteiger partial charge in [-0.3, -0.25) is 4.79 Å². The number of hydrogen-bond acceptors (Lipinski definition) is 4. The Balaban J connectivity index is 1.37. The van der Waals surface area contributed by atoms with Gasteiger partial charge < -0.3 is 15.2 Å². The second-order valence-corrected chi connectivity index (χ2v) is 6.86. The minimum absolute atomic E-state index is 0.0765. The van der Waals surface area contributed by atoms with Gasteiger partial charge in [0.15, 0.2) is 5.15 Å². The SMILES string of the molecule is O=C(CCc1cc(Cl)no1)NC1CCC1NC1CCCCC1. The Morgan fingerprint density at radius 1 is 1.23 bits per heavy atom. The summed E-state index contributed by atoms with van der Waals surface area (Å²) >= 11 is 5.69. The Kier molecular flexibility index (Phi) is 5.37. The van der Waals surface area contributed by atoms with Crippen LogP contribution < -0.4 is 10.6 Å². The van der Waals surface area contributed by atoms with E-state index < -0.39 is 0 Å². The molecule has 2 saturated carbocycles. The van der Waals surface area contributed by atoms with Crippen molar-refractivity contribution in [2.24, 2.45) is 0 Å². The van der Waals surface area contributed by atoms with E-state index in [9.17, 15) is 4.79 Å². The van der Waals surface area contributed by atoms with Crippen LogP contribution in [0.5, 0.6) is 0 Å². The molecular weight excluding hydrogens is 302 g/mol. The molecule has 0 aliphatic heterocycles. The number of halogens is 1. The van der Waals surface area contributed by atoms with E-state index in [1.807, 2.05) is 0 Å². The van der Waals surface area contributed by atoms with Crippen LogP contribution in [0.2, 0.25) is 5.15 Å². The van der Waals surface area contributed by atoms with Crippen molar-refractivity contribution in [3.05, 3.63) is 17.0 Å². The molecule has 0 spiro atoms. The van der Waals surface area contributed by atoms with Crippen LogP contribution in [0.15, 0.2) is 10.6 Å². The highest BCUT2D eigenvalue weighted by atomic mass is 35.5. The molecule has 0 saturated heterocycles. The lowest BCUT2D eigenvalue weighted by Gasteiger charge is -2.41. The van der Waals surface area contributed by atoms with Crippen LogP contribution in [0.4, 0.5) is 0 Å². The molecule has 6 heteroatoms. The Morgan fingerprint density at radius 2 is 2.00 bits per heavy atom. The van der Waals surface area contributed by atoms with Gasteiger partial charge in [0.1, 0.15) is 5.76 Å². The average molecular weight is 326 g/mol. The summed E-state index contributed by atoms with van der Waals surface area (Å²) in [6, 6.07) is 3.04. The van der Waals surface area contributed by atoms with E-state index in [0.29, 0.717) is 35.8 Å². The molecule has 1 aromatic rings. The molecule has 2 atom stereocenters. The molecule has 5 nitrogen and oxygen atoms in total. The van der Waals surface area contributed by atoms with Crippen LogP contribution in [0.25, 0.3) is 0 Å². The predicted octanol–water partition coefficient (Wildman–Crippen LogP) is 2.83. The molecule has 1 aromatic heterocycles. The van der Waals surface area contributed by atoms with Crippen molar-refractivity contribution in [3.63, 3.8) is 0 Å². The van der Waals surface area contributed by atoms with Gasteiger partial charge in [-0.1, -0.05) is 36.0 Å². The molecule has 1 heterocycles. The lowest BCUT2D eigenvalue weighted by molar-refractivity contribution is -0.122. The fraction of sp³-hybridized carbons (Fsp3) is 0.750. The molecule has 22 heavy (non-hydrogen) atoms. The first-order valence-electron chi connectivity index (χ1n) is 8.37. The molecule has 2 unspecified atom stereocenters. The van der Waals surface area contributed by atoms with Crippen molar-refractivity contribution in [2.75, 3.05) is 0 Å². The fourth-order valence-corrected chi connectivity index (χ4v) is 3.52. The number of nitrogens with one attached hydrogen (secondary N) is 2. The highest BCUT2D eigenvalue weighted by molar-refractivity contribution is 6.29. The average Bonchev–Trinajstić information content (AvgIpc) is 2.94. The summed E-state index contributed by atoms with van der Waals surface area (Å²) in [6.07, 6.45) is 9.80. The van der Waals surface area contributed by atoms with Crippen LogP contribution >= 0.6 is 11.6 Å². The first-order valence-corrected chi connectivity index (χ1v) is 8.75. The first-order chi connectivity index (χ1) is 10.7. The summed E-state index contributed by atoms with van der Waals surface area (Å²) in [6.45, 7) is 0. The van der Waals surface area contributed by atoms with Crippen molar-refractivity contribution in [1.29, 1.82) is 0 Å². The van der Waals surface area contributed by atoms with Gasteiger partial charge in [-0.2, -0.15) is 0 Å². The van der Waals surface area contributed by atoms with E-state index in [1.54, 1.807) is 6.07 Å². The number of carbonyl (C=O) groups is 1. The molecule has 2 aliphatic carbocycles. The topological polar surface area (TPSA) is 67.2 Å². The monoisotopic (exact) mass is 325 g/mol. The molecule has 0 bridgehead atoms. The summed E-state index contributed by atoms with van der Waals surface area (Å²) < 4.78 is 5.01. The Morgan fingerprint density at radius 3 is 2.64 bits per heavy atom. The second-order valence-electron chi connectivity index (χ2n) is 6.48. The molecule has 2 fully saturated rings. The van der Waals surface area contributed by atoms with Crippen LogP contribution in [0, 0.1) is 0 Å². The van der Waals surface area contributed by atoms with Crippen LogP contribution in [0.1, 0.15) is 57.1 Å². The van der Waals surface area contributed by atoms with Crippen LogP contribution in [-0.2, 0) is 11.2 Å². The number of carbonyl (C=O) groups excluding carboxylic acids is 1. The van der Waals surface area contributed by atoms with Crippen molar-refractivity contribution in [3.8, 4) is 0 Å². The number of amides is 1. The minimum Gasteiger partial charge on any atom is -0.360 e. The molecular formula is C16H24ClN3O2. The van der Waals surface area contributed by atoms with E-state index in [0.717, 1.165) is 6.42 Å². The molecule has 2 aliphatic rings. The standard InChI is InChI=1S/C16H24ClN3O2/c17-15-10-12(22-20-15)6-9-16(21)19-14-8-7-13(14)18-11-4-2-1-3-5-11/h10-11,13-14,18H,1-9H2,(H,19,21). The summed E-state index contributed by atoms with van der Waals surface area (Å²) in [5.74, 6) is 0.735. The molecule has 0 aromatic carbocycles. The van der Waals surface area contributed by atoms with Gasteiger partial charge in [0.25, 0.3) is 0 Å². The molecule has 1 amide bonds. The van der Waals surface area contributed by atoms with Gasteiger partial charge in [-0.25, -0.2) is 0 Å². The molecule has 3 rings (SSSR count). The zero-order valence-electron chi connectivity index (χ0n) is 12.8. The quantitative estimate of drug-likeness (QED) is 0.844. The highest BCUT2D eigenvalue weighted by Gasteiger charge is 2.33. The van der Waals surface area contributed by atoms with E-state index in [1.165, 1.54) is 38.5 Å². The van der Waals surface area contributed by atoms with Crippen molar-refractivity contribution < 1.29 is 9.32 Å². The number of hydrogen-bond donors (Lipinski definition) is 2. The third kappa shape index (κ3) is 4.23. The smallest absolute Gasteiger partial charge is 0.220 e. The van der Waals surface area contributed by atoms with Crippen LogP contribution in [0.3, 0.4) is 0 Å². The number of aryl methyl sites for hydroxylation is 1. The zero-order valence-corrected chi connectivity index (χ0v) is 13.6. The normalized spacial score (nSPS) is 25.7. The maximum absolute atomic E-state index is 12.0. The summed E-state index contributed by atoms with van der Waals surface area (Å²) in [4.78, 5) is 12.0. The van der Waals surface area contributed by atoms with E-state index >= 15 is 0 Å². The maximum atomic E-state index is 12.0. The van der Waals surface area contributed by atoms with E-state index in [-0.39, 0.29) is 11.9 Å². The number of rotatable bonds is 6. The summed E-state index contributed by atoms with van der Waals surface area (Å²) in [5, 5.41) is 10.8. The van der Waals surface area contributed by atoms with Gasteiger partial charge in [0.2, 0.25) is 5.91 Å². The minimum atomic E-state index is 0.0765. The van der Waals surface area contributed by atoms with Gasteiger partial charge in [-0.15, -0.1) is 0 Å². The first kappa shape index (κ1) is 15.8. The van der Waals surface area contributed by atoms with Crippen molar-refractivity contribution >= 4 is 17.5 Å². The third-order valence-electron chi connectivity index (χ3n) is 4.80. The number of aromatic nitrogens is 1. The maximum Gasteiger partial charge on any atom is 0.220 e. The predicted molar refractivity (Wildman–Crippen MR) is 84.8 cm³/mol. The van der Waals surface area contributed by atoms with E-state index in [4.69, 9.17) is 16.1 Å². The van der Waals surface area contributed by atoms with Gasteiger partial charge in [-0.05, 0) is 25.7 Å². The zero-order chi connectivity index (χ0) is 15.4. The van der Waals surface area contributed by atoms with E-state index in [2.05, 4.69) is 15.8 Å². The second kappa shape index (κ2) is 7.47. The lowest BCUT2D eigenvalue weighted by Crippen LogP contribution is -2.59. The Hall–Kier alpha value is -1.07. The molecule has 122 valence electrons. The van der Waals surface area contributed by atoms with Crippen molar-refractivity contribution in [1.82, 2.24) is 15.8 Å². The van der Waals surface area contributed by atoms with Gasteiger partial charge >= 0.3 is 0 Å². The lowest BCUT2D eigenvalue weighted by atomic mass is 9.84. The highest BCUT2D eigenvalue weighted by Crippen LogP contribution is 2.24. The van der Waals surface area contributed by atoms with Gasteiger partial charge in [0.05, 0.1) is 0 Å².